The summed E-state index contributed by atoms with van der Waals surface area (Å²) in [5.41, 5.74) is -1.42. The van der Waals surface area contributed by atoms with E-state index in [-0.39, 0.29) is 64.3 Å². The Bertz CT molecular complexity index is 1960. The van der Waals surface area contributed by atoms with Gasteiger partial charge in [0.05, 0.1) is 28.3 Å². The Morgan fingerprint density at radius 2 is 1.32 bits per heavy atom. The van der Waals surface area contributed by atoms with Gasteiger partial charge in [-0.15, -0.1) is 0 Å². The number of hydrogen-bond acceptors (Lipinski definition) is 13. The maximum absolute atomic E-state index is 13.6. The molecule has 338 valence electrons. The molecule has 4 aliphatic carbocycles. The van der Waals surface area contributed by atoms with E-state index in [1.165, 1.54) is 48.5 Å². The fraction of sp³-hybridized carbons (Fsp3) is 0.652. The van der Waals surface area contributed by atoms with E-state index in [1.54, 1.807) is 0 Å². The van der Waals surface area contributed by atoms with Gasteiger partial charge in [0.25, 0.3) is 11.4 Å². The number of aliphatic hydroxyl groups is 1. The van der Waals surface area contributed by atoms with Crippen molar-refractivity contribution in [2.24, 2.45) is 40.4 Å². The molecule has 6 rings (SSSR count). The lowest BCUT2D eigenvalue weighted by molar-refractivity contribution is -0.385. The van der Waals surface area contributed by atoms with Crippen molar-refractivity contribution in [3.8, 4) is 11.5 Å². The molecule has 0 unspecified atom stereocenters. The maximum Gasteiger partial charge on any atom is 0.407 e. The SMILES string of the molecule is CCCCCC[C@](C)(O)[C@H]1CC[C@H]2[C@@H]3C[C@H](OC(=O)CCC(=O)Oc4ccc([N+](=O)[O-])cc4)[C@H]4C[C@@H](OC(=O)NCC(=O)Oc5ccc([N+](=O)[O-])cc5)CC[C@]4(C)[C@H]3CC[C@@]21C. The summed E-state index contributed by atoms with van der Waals surface area (Å²) in [6, 6.07) is 10.1. The van der Waals surface area contributed by atoms with Crippen LogP contribution in [0.2, 0.25) is 0 Å². The predicted molar refractivity (Wildman–Crippen MR) is 225 cm³/mol. The number of non-ortho nitro benzene ring substituents is 2. The molecular formula is C46H61N3O13. The zero-order valence-corrected chi connectivity index (χ0v) is 36.2. The number of nitrogens with one attached hydrogen (secondary N) is 1. The molecule has 10 atom stereocenters. The number of esters is 3. The first-order valence-corrected chi connectivity index (χ1v) is 22.2. The normalized spacial score (nSPS) is 29.7. The van der Waals surface area contributed by atoms with Crippen LogP contribution in [-0.2, 0) is 23.9 Å². The summed E-state index contributed by atoms with van der Waals surface area (Å²) in [6.07, 6.45) is 9.06. The third-order valence-electron chi connectivity index (χ3n) is 14.9. The Kier molecular flexibility index (Phi) is 14.6. The lowest BCUT2D eigenvalue weighted by atomic mass is 9.43. The van der Waals surface area contributed by atoms with E-state index in [0.717, 1.165) is 64.2 Å². The molecule has 0 radical (unpaired) electrons. The van der Waals surface area contributed by atoms with Gasteiger partial charge in [-0.25, -0.2) is 9.59 Å². The van der Waals surface area contributed by atoms with Crippen molar-refractivity contribution in [3.05, 3.63) is 68.8 Å². The minimum Gasteiger partial charge on any atom is -0.462 e. The molecular weight excluding hydrogens is 803 g/mol. The number of alkyl carbamates (subject to hydrolysis) is 1. The number of carbonyl (C=O) groups is 4. The minimum atomic E-state index is -0.805. The average molecular weight is 864 g/mol. The van der Waals surface area contributed by atoms with Crippen LogP contribution < -0.4 is 14.8 Å². The van der Waals surface area contributed by atoms with Crippen LogP contribution >= 0.6 is 0 Å². The number of nitrogens with zero attached hydrogens (tertiary/aromatic N) is 2. The monoisotopic (exact) mass is 863 g/mol. The minimum absolute atomic E-state index is 0.0766. The van der Waals surface area contributed by atoms with Crippen LogP contribution in [0.4, 0.5) is 16.2 Å². The van der Waals surface area contributed by atoms with Crippen molar-refractivity contribution in [2.75, 3.05) is 6.54 Å². The van der Waals surface area contributed by atoms with E-state index in [0.29, 0.717) is 31.1 Å². The van der Waals surface area contributed by atoms with E-state index in [4.69, 9.17) is 18.9 Å². The Morgan fingerprint density at radius 1 is 0.742 bits per heavy atom. The molecule has 0 aliphatic heterocycles. The number of nitro benzene ring substituents is 2. The van der Waals surface area contributed by atoms with Crippen molar-refractivity contribution in [1.82, 2.24) is 5.32 Å². The summed E-state index contributed by atoms with van der Waals surface area (Å²) < 4.78 is 22.7. The maximum atomic E-state index is 13.6. The second-order valence-corrected chi connectivity index (χ2v) is 18.7. The Balaban J connectivity index is 1.12. The molecule has 62 heavy (non-hydrogen) atoms. The molecule has 4 fully saturated rings. The van der Waals surface area contributed by atoms with E-state index >= 15 is 0 Å². The molecule has 0 bridgehead atoms. The van der Waals surface area contributed by atoms with Gasteiger partial charge in [-0.1, -0.05) is 46.5 Å². The molecule has 16 nitrogen and oxygen atoms in total. The number of nitro groups is 2. The van der Waals surface area contributed by atoms with Gasteiger partial charge in [0.1, 0.15) is 30.3 Å². The van der Waals surface area contributed by atoms with Crippen LogP contribution in [0, 0.1) is 60.6 Å². The van der Waals surface area contributed by atoms with Gasteiger partial charge >= 0.3 is 24.0 Å². The largest absolute Gasteiger partial charge is 0.462 e. The van der Waals surface area contributed by atoms with Crippen LogP contribution in [0.3, 0.4) is 0 Å². The molecule has 4 aliphatic rings. The predicted octanol–water partition coefficient (Wildman–Crippen LogP) is 8.79. The van der Waals surface area contributed by atoms with Gasteiger partial charge in [0.15, 0.2) is 0 Å². The van der Waals surface area contributed by atoms with Crippen molar-refractivity contribution in [3.63, 3.8) is 0 Å². The quantitative estimate of drug-likeness (QED) is 0.0499. The highest BCUT2D eigenvalue weighted by atomic mass is 16.6. The number of ether oxygens (including phenoxy) is 4. The van der Waals surface area contributed by atoms with Gasteiger partial charge < -0.3 is 29.4 Å². The van der Waals surface area contributed by atoms with Crippen molar-refractivity contribution < 1.29 is 53.1 Å². The van der Waals surface area contributed by atoms with Crippen LogP contribution in [0.15, 0.2) is 48.5 Å². The fourth-order valence-corrected chi connectivity index (χ4v) is 12.0. The molecule has 0 heterocycles. The lowest BCUT2D eigenvalue weighted by Gasteiger charge is -2.63. The number of rotatable bonds is 17. The molecule has 4 saturated carbocycles. The third kappa shape index (κ3) is 10.6. The third-order valence-corrected chi connectivity index (χ3v) is 14.9. The highest BCUT2D eigenvalue weighted by molar-refractivity contribution is 5.80. The molecule has 0 aromatic heterocycles. The number of hydrogen-bond donors (Lipinski definition) is 2. The molecule has 2 N–H and O–H groups in total. The van der Waals surface area contributed by atoms with Crippen molar-refractivity contribution in [1.29, 1.82) is 0 Å². The van der Waals surface area contributed by atoms with E-state index in [9.17, 15) is 44.5 Å². The molecule has 1 amide bonds. The molecule has 2 aromatic carbocycles. The van der Waals surface area contributed by atoms with Crippen LogP contribution in [0.5, 0.6) is 11.5 Å². The van der Waals surface area contributed by atoms with Gasteiger partial charge in [0, 0.05) is 30.2 Å². The highest BCUT2D eigenvalue weighted by Crippen LogP contribution is 2.69. The van der Waals surface area contributed by atoms with Gasteiger partial charge in [0.2, 0.25) is 0 Å². The van der Waals surface area contributed by atoms with E-state index in [1.807, 2.05) is 6.92 Å². The number of unbranched alkanes of at least 4 members (excludes halogenated alkanes) is 3. The van der Waals surface area contributed by atoms with Crippen LogP contribution in [0.1, 0.15) is 124 Å². The standard InChI is InChI=1S/C46H61N3O13/c1-5-6-7-8-23-46(4,54)39-18-17-35-34-27-38(62-41(51)20-19-40(50)59-31-13-9-29(10-14-31)48(55)56)37-26-33(21-24-44(37,2)36(34)22-25-45(35,39)3)61-43(53)47-28-42(52)60-32-15-11-30(12-16-32)49(57)58/h9-16,33-39,54H,5-8,17-28H2,1-4H3,(H,47,53)/t33-,34-,35-,36-,37+,38-,39-,44+,45-,46-/m0/s1. The number of fused-ring (bicyclic) bond motifs is 5. The first kappa shape index (κ1) is 46.4. The van der Waals surface area contributed by atoms with E-state index in [2.05, 4.69) is 26.1 Å². The first-order valence-electron chi connectivity index (χ1n) is 22.2. The number of amides is 1. The van der Waals surface area contributed by atoms with Crippen molar-refractivity contribution >= 4 is 35.4 Å². The molecule has 0 saturated heterocycles. The summed E-state index contributed by atoms with van der Waals surface area (Å²) in [5.74, 6) is -0.925. The zero-order chi connectivity index (χ0) is 44.8. The summed E-state index contributed by atoms with van der Waals surface area (Å²) in [6.45, 7) is 8.36. The van der Waals surface area contributed by atoms with Crippen LogP contribution in [-0.4, -0.2) is 63.3 Å². The van der Waals surface area contributed by atoms with Gasteiger partial charge in [-0.05, 0) is 123 Å². The second kappa shape index (κ2) is 19.5. The van der Waals surface area contributed by atoms with Gasteiger partial charge in [-0.2, -0.15) is 0 Å². The molecule has 16 heteroatoms. The Morgan fingerprint density at radius 3 is 1.94 bits per heavy atom. The summed E-state index contributed by atoms with van der Waals surface area (Å²) in [7, 11) is 0. The first-order chi connectivity index (χ1) is 29.4. The summed E-state index contributed by atoms with van der Waals surface area (Å²) in [5, 5.41) is 36.4. The Hall–Kier alpha value is -5.12. The summed E-state index contributed by atoms with van der Waals surface area (Å²) in [4.78, 5) is 72.7. The Labute approximate surface area is 362 Å². The lowest BCUT2D eigenvalue weighted by Crippen LogP contribution is -2.60. The average Bonchev–Trinajstić information content (AvgIpc) is 3.60. The van der Waals surface area contributed by atoms with Gasteiger partial charge in [-0.3, -0.25) is 29.8 Å². The smallest absolute Gasteiger partial charge is 0.407 e. The molecule has 0 spiro atoms. The van der Waals surface area contributed by atoms with E-state index < -0.39 is 58.2 Å². The molecule has 2 aromatic rings. The number of benzene rings is 2. The topological polar surface area (TPSA) is 224 Å². The van der Waals surface area contributed by atoms with Crippen LogP contribution in [0.25, 0.3) is 0 Å². The summed E-state index contributed by atoms with van der Waals surface area (Å²) >= 11 is 0. The number of carbonyl (C=O) groups excluding carboxylic acids is 4. The second-order valence-electron chi connectivity index (χ2n) is 18.7. The van der Waals surface area contributed by atoms with Crippen molar-refractivity contribution in [2.45, 2.75) is 142 Å². The highest BCUT2D eigenvalue weighted by Gasteiger charge is 2.64. The zero-order valence-electron chi connectivity index (χ0n) is 36.2. The fourth-order valence-electron chi connectivity index (χ4n) is 12.0.